The van der Waals surface area contributed by atoms with Gasteiger partial charge in [-0.3, -0.25) is 5.10 Å². The van der Waals surface area contributed by atoms with Crippen LogP contribution in [0.4, 0.5) is 5.82 Å². The summed E-state index contributed by atoms with van der Waals surface area (Å²) in [7, 11) is 3.66. The van der Waals surface area contributed by atoms with Gasteiger partial charge in [-0.2, -0.15) is 5.10 Å². The van der Waals surface area contributed by atoms with Crippen molar-refractivity contribution in [1.29, 1.82) is 0 Å². The number of nitrogens with zero attached hydrogens (tertiary/aromatic N) is 2. The molecule has 0 aliphatic heterocycles. The van der Waals surface area contributed by atoms with E-state index in [0.717, 1.165) is 42.2 Å². The van der Waals surface area contributed by atoms with Gasteiger partial charge >= 0.3 is 0 Å². The topological polar surface area (TPSA) is 61.4 Å². The molecule has 5 heteroatoms. The number of aliphatic hydroxyl groups excluding tert-OH is 1. The van der Waals surface area contributed by atoms with Crippen molar-refractivity contribution >= 4 is 5.82 Å². The number of anilines is 1. The van der Waals surface area contributed by atoms with Gasteiger partial charge in [-0.15, -0.1) is 0 Å². The second kappa shape index (κ2) is 6.96. The molecule has 0 saturated carbocycles. The molecule has 1 aromatic heterocycles. The highest BCUT2D eigenvalue weighted by Crippen LogP contribution is 2.23. The second-order valence-electron chi connectivity index (χ2n) is 4.72. The predicted octanol–water partition coefficient (Wildman–Crippen LogP) is 2.29. The Morgan fingerprint density at radius 1 is 1.25 bits per heavy atom. The van der Waals surface area contributed by atoms with Gasteiger partial charge in [0.15, 0.2) is 5.82 Å². The monoisotopic (exact) mass is 275 g/mol. The van der Waals surface area contributed by atoms with Crippen molar-refractivity contribution in [2.24, 2.45) is 0 Å². The van der Waals surface area contributed by atoms with Crippen LogP contribution in [0.5, 0.6) is 5.75 Å². The summed E-state index contributed by atoms with van der Waals surface area (Å²) in [6.45, 7) is 1.12. The lowest BCUT2D eigenvalue weighted by Gasteiger charge is -2.14. The maximum absolute atomic E-state index is 8.79. The zero-order valence-electron chi connectivity index (χ0n) is 12.0. The maximum atomic E-state index is 8.79. The van der Waals surface area contributed by atoms with Crippen LogP contribution in [0, 0.1) is 0 Å². The van der Waals surface area contributed by atoms with Gasteiger partial charge in [0.05, 0.1) is 12.8 Å². The van der Waals surface area contributed by atoms with Crippen LogP contribution in [-0.4, -0.2) is 42.6 Å². The van der Waals surface area contributed by atoms with Crippen LogP contribution in [0.15, 0.2) is 30.3 Å². The Morgan fingerprint density at radius 3 is 2.65 bits per heavy atom. The summed E-state index contributed by atoms with van der Waals surface area (Å²) in [5, 5.41) is 16.2. The van der Waals surface area contributed by atoms with E-state index in [1.807, 2.05) is 37.4 Å². The number of benzene rings is 1. The molecule has 20 heavy (non-hydrogen) atoms. The Bertz CT molecular complexity index is 522. The summed E-state index contributed by atoms with van der Waals surface area (Å²) in [6.07, 6.45) is 1.78. The Labute approximate surface area is 119 Å². The quantitative estimate of drug-likeness (QED) is 0.761. The van der Waals surface area contributed by atoms with E-state index in [2.05, 4.69) is 15.1 Å². The molecule has 0 spiro atoms. The minimum atomic E-state index is 0.242. The summed E-state index contributed by atoms with van der Waals surface area (Å²) in [4.78, 5) is 2.08. The molecule has 5 nitrogen and oxygen atoms in total. The van der Waals surface area contributed by atoms with Gasteiger partial charge in [-0.25, -0.2) is 0 Å². The molecule has 0 unspecified atom stereocenters. The number of aromatic nitrogens is 2. The average Bonchev–Trinajstić information content (AvgIpc) is 2.97. The molecular formula is C15H21N3O2. The third-order valence-electron chi connectivity index (χ3n) is 3.26. The molecule has 0 fully saturated rings. The second-order valence-corrected chi connectivity index (χ2v) is 4.72. The first-order valence-corrected chi connectivity index (χ1v) is 6.76. The lowest BCUT2D eigenvalue weighted by molar-refractivity contribution is 0.285. The Balaban J connectivity index is 2.03. The fourth-order valence-corrected chi connectivity index (χ4v) is 2.00. The molecule has 108 valence electrons. The number of methoxy groups -OCH3 is 1. The van der Waals surface area contributed by atoms with Gasteiger partial charge in [0.25, 0.3) is 0 Å². The van der Waals surface area contributed by atoms with Gasteiger partial charge in [-0.1, -0.05) is 0 Å². The van der Waals surface area contributed by atoms with Gasteiger partial charge in [0.2, 0.25) is 0 Å². The van der Waals surface area contributed by atoms with Crippen molar-refractivity contribution in [3.63, 3.8) is 0 Å². The highest BCUT2D eigenvalue weighted by Gasteiger charge is 2.07. The molecule has 0 amide bonds. The van der Waals surface area contributed by atoms with Crippen molar-refractivity contribution in [2.45, 2.75) is 12.8 Å². The van der Waals surface area contributed by atoms with E-state index in [-0.39, 0.29) is 6.61 Å². The van der Waals surface area contributed by atoms with E-state index in [1.165, 1.54) is 0 Å². The van der Waals surface area contributed by atoms with Gasteiger partial charge in [0.1, 0.15) is 5.75 Å². The number of H-pyrrole nitrogens is 1. The Kier molecular flexibility index (Phi) is 5.01. The summed E-state index contributed by atoms with van der Waals surface area (Å²) >= 11 is 0. The number of aliphatic hydroxyl groups is 1. The number of aromatic amines is 1. The van der Waals surface area contributed by atoms with Crippen LogP contribution in [0.2, 0.25) is 0 Å². The highest BCUT2D eigenvalue weighted by molar-refractivity contribution is 5.63. The fraction of sp³-hybridized carbons (Fsp3) is 0.400. The van der Waals surface area contributed by atoms with Crippen LogP contribution in [0.1, 0.15) is 12.8 Å². The highest BCUT2D eigenvalue weighted by atomic mass is 16.5. The van der Waals surface area contributed by atoms with E-state index in [4.69, 9.17) is 9.84 Å². The van der Waals surface area contributed by atoms with Crippen LogP contribution >= 0.6 is 0 Å². The number of unbranched alkanes of at least 4 members (excludes halogenated alkanes) is 1. The summed E-state index contributed by atoms with van der Waals surface area (Å²) in [5.41, 5.74) is 2.06. The normalized spacial score (nSPS) is 10.6. The number of rotatable bonds is 7. The Morgan fingerprint density at radius 2 is 2.00 bits per heavy atom. The van der Waals surface area contributed by atoms with Gasteiger partial charge in [-0.05, 0) is 42.7 Å². The fourth-order valence-electron chi connectivity index (χ4n) is 2.00. The lowest BCUT2D eigenvalue weighted by Crippen LogP contribution is -2.19. The third-order valence-corrected chi connectivity index (χ3v) is 3.26. The number of hydrogen-bond donors (Lipinski definition) is 2. The molecule has 2 N–H and O–H groups in total. The summed E-state index contributed by atoms with van der Waals surface area (Å²) < 4.78 is 5.15. The molecule has 0 radical (unpaired) electrons. The molecule has 1 heterocycles. The van der Waals surface area contributed by atoms with E-state index >= 15 is 0 Å². The van der Waals surface area contributed by atoms with Gasteiger partial charge in [0, 0.05) is 26.3 Å². The number of nitrogens with one attached hydrogen (secondary N) is 1. The maximum Gasteiger partial charge on any atom is 0.150 e. The SMILES string of the molecule is COc1ccc(-c2cc(N(C)CCCCO)n[nH]2)cc1. The van der Waals surface area contributed by atoms with E-state index < -0.39 is 0 Å². The zero-order chi connectivity index (χ0) is 14.4. The third kappa shape index (κ3) is 3.51. The molecule has 1 aromatic carbocycles. The molecule has 0 bridgehead atoms. The predicted molar refractivity (Wildman–Crippen MR) is 80.2 cm³/mol. The largest absolute Gasteiger partial charge is 0.497 e. The molecule has 2 rings (SSSR count). The molecule has 0 aliphatic carbocycles. The first-order chi connectivity index (χ1) is 9.74. The van der Waals surface area contributed by atoms with Crippen LogP contribution in [0.25, 0.3) is 11.3 Å². The summed E-state index contributed by atoms with van der Waals surface area (Å²) in [6, 6.07) is 9.89. The van der Waals surface area contributed by atoms with Crippen LogP contribution in [0.3, 0.4) is 0 Å². The number of hydrogen-bond acceptors (Lipinski definition) is 4. The smallest absolute Gasteiger partial charge is 0.150 e. The van der Waals surface area contributed by atoms with E-state index in [1.54, 1.807) is 7.11 Å². The average molecular weight is 275 g/mol. The van der Waals surface area contributed by atoms with Gasteiger partial charge < -0.3 is 14.7 Å². The van der Waals surface area contributed by atoms with E-state index in [0.29, 0.717) is 0 Å². The standard InChI is InChI=1S/C15H21N3O2/c1-18(9-3-4-10-19)15-11-14(16-17-15)12-5-7-13(20-2)8-6-12/h5-8,11,19H,3-4,9-10H2,1-2H3,(H,16,17). The molecule has 0 aliphatic rings. The molecule has 0 saturated heterocycles. The van der Waals surface area contributed by atoms with Crippen LogP contribution in [-0.2, 0) is 0 Å². The first kappa shape index (κ1) is 14.4. The molecule has 0 atom stereocenters. The minimum Gasteiger partial charge on any atom is -0.497 e. The van der Waals surface area contributed by atoms with Crippen molar-refractivity contribution in [2.75, 3.05) is 32.2 Å². The van der Waals surface area contributed by atoms with E-state index in [9.17, 15) is 0 Å². The van der Waals surface area contributed by atoms with Crippen molar-refractivity contribution in [3.05, 3.63) is 30.3 Å². The summed E-state index contributed by atoms with van der Waals surface area (Å²) in [5.74, 6) is 1.75. The van der Waals surface area contributed by atoms with Crippen LogP contribution < -0.4 is 9.64 Å². The first-order valence-electron chi connectivity index (χ1n) is 6.76. The molecular weight excluding hydrogens is 254 g/mol. The molecule has 2 aromatic rings. The van der Waals surface area contributed by atoms with Crippen molar-refractivity contribution in [1.82, 2.24) is 10.2 Å². The minimum absolute atomic E-state index is 0.242. The van der Waals surface area contributed by atoms with Crippen molar-refractivity contribution in [3.8, 4) is 17.0 Å². The van der Waals surface area contributed by atoms with Crippen molar-refractivity contribution < 1.29 is 9.84 Å². The lowest BCUT2D eigenvalue weighted by atomic mass is 10.1. The number of ether oxygens (including phenoxy) is 1. The zero-order valence-corrected chi connectivity index (χ0v) is 12.0. The Hall–Kier alpha value is -2.01.